The van der Waals surface area contributed by atoms with Gasteiger partial charge in [0.1, 0.15) is 0 Å². The van der Waals surface area contributed by atoms with E-state index in [1.807, 2.05) is 88.1 Å². The van der Waals surface area contributed by atoms with Crippen LogP contribution in [0, 0.1) is 15.9 Å². The molecule has 0 fully saturated rings. The van der Waals surface area contributed by atoms with Crippen LogP contribution in [0.25, 0.3) is 122 Å². The number of imidazole rings is 1. The molecule has 11 aromatic carbocycles. The van der Waals surface area contributed by atoms with E-state index in [-0.39, 0.29) is 44.2 Å². The van der Waals surface area contributed by atoms with Gasteiger partial charge in [-0.2, -0.15) is 0 Å². The van der Waals surface area contributed by atoms with Crippen LogP contribution in [0.2, 0.25) is 0 Å². The number of para-hydroxylation sites is 3. The molecule has 0 N–H and O–H groups in total. The van der Waals surface area contributed by atoms with Crippen LogP contribution in [0.1, 0.15) is 92.7 Å². The Balaban J connectivity index is 0.983. The Hall–Kier alpha value is -9.87. The minimum atomic E-state index is -0.596. The topological polar surface area (TPSA) is 41.8 Å². The van der Waals surface area contributed by atoms with Gasteiger partial charge in [-0.15, -0.1) is 0 Å². The number of rotatable bonds is 10. The van der Waals surface area contributed by atoms with Crippen LogP contribution in [-0.2, 0) is 35.6 Å². The summed E-state index contributed by atoms with van der Waals surface area (Å²) in [6, 6.07) is 64.5. The Labute approximate surface area is 557 Å². The normalized spacial score (nSPS) is 13.8. The monoisotopic (exact) mass is 1370 g/mol. The van der Waals surface area contributed by atoms with E-state index in [0.717, 1.165) is 77.2 Å². The van der Waals surface area contributed by atoms with Gasteiger partial charge in [0.15, 0.2) is 0 Å². The summed E-state index contributed by atoms with van der Waals surface area (Å²) in [5.41, 5.74) is 12.7. The van der Waals surface area contributed by atoms with Crippen LogP contribution in [-0.4, -0.2) is 23.3 Å². The zero-order valence-corrected chi connectivity index (χ0v) is 54.2. The molecule has 0 aliphatic carbocycles. The van der Waals surface area contributed by atoms with Crippen LogP contribution in [0.15, 0.2) is 255 Å². The first-order valence-corrected chi connectivity index (χ1v) is 31.6. The van der Waals surface area contributed by atoms with Gasteiger partial charge in [0.05, 0.1) is 0 Å². The van der Waals surface area contributed by atoms with Gasteiger partial charge in [-0.05, 0) is 39.0 Å². The van der Waals surface area contributed by atoms with Gasteiger partial charge in [0, 0.05) is 6.20 Å². The van der Waals surface area contributed by atoms with Crippen molar-refractivity contribution in [2.24, 2.45) is 0 Å². The van der Waals surface area contributed by atoms with Crippen molar-refractivity contribution in [2.45, 2.75) is 78.6 Å². The molecule has 0 radical (unpaired) electrons. The van der Waals surface area contributed by atoms with Crippen molar-refractivity contribution in [3.8, 4) is 78.9 Å². The molecule has 0 spiro atoms. The van der Waals surface area contributed by atoms with Crippen LogP contribution >= 0.6 is 0 Å². The summed E-state index contributed by atoms with van der Waals surface area (Å²) in [5.74, 6) is 1.54. The van der Waals surface area contributed by atoms with Gasteiger partial charge in [0.25, 0.3) is 0 Å². The molecule has 4 aromatic heterocycles. The quantitative estimate of drug-likeness (QED) is 0.128. The molecule has 0 atom stereocenters. The van der Waals surface area contributed by atoms with Crippen molar-refractivity contribution in [3.05, 3.63) is 287 Å². The predicted molar refractivity (Wildman–Crippen MR) is 374 cm³/mol. The molecule has 15 aromatic rings. The number of nitrogens with zero attached hydrogens (tertiary/aromatic N) is 5. The van der Waals surface area contributed by atoms with E-state index >= 15 is 0 Å². The first-order chi connectivity index (χ1) is 48.1. The average molecular weight is 1370 g/mol. The molecule has 0 bridgehead atoms. The Bertz CT molecular complexity index is 5760. The van der Waals surface area contributed by atoms with Gasteiger partial charge >= 0.3 is 392 Å². The van der Waals surface area contributed by atoms with Gasteiger partial charge in [-0.25, -0.2) is 0 Å². The Morgan fingerprint density at radius 2 is 0.901 bits per heavy atom. The summed E-state index contributed by atoms with van der Waals surface area (Å²) in [4.78, 5) is 4.87. The Morgan fingerprint density at radius 3 is 1.46 bits per heavy atom. The van der Waals surface area contributed by atoms with Crippen molar-refractivity contribution in [1.29, 1.82) is 0 Å². The standard InChI is InChI=1S/C84H69N5O.Pt/c1-82(2,3)61-37-31-55(32-38-61)59-35-43-75-72(47-59)73-48-60(56-33-39-62(40-34-56)83(4,5)6)36-44-76(73)88(75)65-51-70(57-21-12-10-13-22-57)81(71(52-65)58-23-14-11-15-24-58)87-54-86(77-29-18-19-30-78(77)87)64-25-20-26-66(50-64)90-67-41-42-69-68-27-16-17-28-74(68)89(79(69)53-67)80-49-63(45-46-85-80)84(7,8)9;/h10-49,51-52H,1-9H3;/q-2;/i10D,11D,12D,13D,14D,15D,21D,22D,23D,24D;. The Morgan fingerprint density at radius 1 is 0.396 bits per heavy atom. The third-order valence-corrected chi connectivity index (χ3v) is 18.4. The fraction of sp³-hybridized carbons (Fsp3) is 0.143. The van der Waals surface area contributed by atoms with Crippen molar-refractivity contribution in [1.82, 2.24) is 23.3 Å². The molecule has 0 saturated carbocycles. The van der Waals surface area contributed by atoms with E-state index < -0.39 is 60.4 Å². The fourth-order valence-electron chi connectivity index (χ4n) is 12.6. The second-order valence-electron chi connectivity index (χ2n) is 26.3. The van der Waals surface area contributed by atoms with E-state index in [1.54, 1.807) is 12.1 Å². The van der Waals surface area contributed by atoms with E-state index in [9.17, 15) is 11.0 Å². The molecular formula is C84H69N5OPt-2. The molecular weight excluding hydrogens is 1290 g/mol. The van der Waals surface area contributed by atoms with Crippen molar-refractivity contribution >= 4 is 54.6 Å². The van der Waals surface area contributed by atoms with Gasteiger partial charge in [0.2, 0.25) is 0 Å². The number of ether oxygens (including phenoxy) is 1. The summed E-state index contributed by atoms with van der Waals surface area (Å²) >= 11 is 2.20. The van der Waals surface area contributed by atoms with Crippen LogP contribution in [0.5, 0.6) is 11.5 Å². The molecule has 0 aliphatic heterocycles. The number of fused-ring (bicyclic) bond motifs is 7. The molecule has 15 rings (SSSR count). The van der Waals surface area contributed by atoms with Crippen LogP contribution in [0.3, 0.4) is 0 Å². The maximum atomic E-state index is 9.85. The molecule has 0 amide bonds. The van der Waals surface area contributed by atoms with E-state index in [1.165, 1.54) is 11.1 Å². The van der Waals surface area contributed by atoms with Crippen molar-refractivity contribution in [3.63, 3.8) is 0 Å². The summed E-state index contributed by atoms with van der Waals surface area (Å²) in [6.07, 6.45) is 1.84. The zero-order chi connectivity index (χ0) is 71.2. The van der Waals surface area contributed by atoms with Crippen molar-refractivity contribution < 1.29 is 37.8 Å². The minimum absolute atomic E-state index is 0.0653. The van der Waals surface area contributed by atoms with Gasteiger partial charge < -0.3 is 0 Å². The Kier molecular flexibility index (Phi) is 11.5. The number of hydrogen-bond acceptors (Lipinski definition) is 2. The van der Waals surface area contributed by atoms with Crippen LogP contribution < -0.4 is 4.74 Å². The second kappa shape index (κ2) is 22.3. The molecule has 6 nitrogen and oxygen atoms in total. The molecule has 7 heteroatoms. The number of benzene rings is 11. The summed E-state index contributed by atoms with van der Waals surface area (Å²) in [5, 5.41) is 3.78. The molecule has 0 unspecified atom stereocenters. The second-order valence-corrected chi connectivity index (χ2v) is 27.4. The maximum absolute atomic E-state index is 9.85. The summed E-state index contributed by atoms with van der Waals surface area (Å²) < 4.78 is 110. The van der Waals surface area contributed by atoms with Crippen LogP contribution in [0.4, 0.5) is 0 Å². The third kappa shape index (κ3) is 10.4. The van der Waals surface area contributed by atoms with E-state index in [0.29, 0.717) is 37.7 Å². The van der Waals surface area contributed by atoms with E-state index in [2.05, 4.69) is 206 Å². The zero-order valence-electron chi connectivity index (χ0n) is 61.9. The number of hydrogen-bond donors (Lipinski definition) is 0. The number of aromatic nitrogens is 5. The summed E-state index contributed by atoms with van der Waals surface area (Å²) in [7, 11) is 0. The molecule has 91 heavy (non-hydrogen) atoms. The van der Waals surface area contributed by atoms with Crippen molar-refractivity contribution in [2.75, 3.05) is 0 Å². The average Bonchev–Trinajstić information content (AvgIpc) is 1.65. The van der Waals surface area contributed by atoms with Gasteiger partial charge in [-0.1, -0.05) is 123 Å². The first-order valence-electron chi connectivity index (χ1n) is 35.5. The van der Waals surface area contributed by atoms with Gasteiger partial charge in [-0.3, -0.25) is 0 Å². The number of pyridine rings is 1. The third-order valence-electron chi connectivity index (χ3n) is 17.4. The molecule has 448 valence electrons. The SMILES string of the molecule is [2H]c1c([2H])c([2H])c(-c2cc(-n3c4ccc(-c5ccc(C(C)(C)C)cc5)cc4c4cc(-c5ccc(C(C)(C)C)cc5)ccc43)cc(-c3c([2H])c([2H])c([2H])c([2H])c3[2H])c2-n2[c](=[Pt])n(-c3[c-]c(Oc4[c-]c5c(cc4)c4ccccc4n5-c4cc(C(C)(C)C)ccn4)ccc3)c3ccccc32)c([2H])c1[2H]. The first kappa shape index (κ1) is 47.1. The predicted octanol–water partition coefficient (Wildman–Crippen LogP) is 22.0. The summed E-state index contributed by atoms with van der Waals surface area (Å²) in [6.45, 7) is 19.7. The molecule has 0 saturated heterocycles. The van der Waals surface area contributed by atoms with E-state index in [4.69, 9.17) is 12.5 Å². The molecule has 4 heterocycles. The molecule has 0 aliphatic rings. The fourth-order valence-corrected chi connectivity index (χ4v) is 13.7.